The summed E-state index contributed by atoms with van der Waals surface area (Å²) in [5, 5.41) is 2.13. The lowest BCUT2D eigenvalue weighted by molar-refractivity contribution is -0.128. The maximum absolute atomic E-state index is 12.2. The number of methoxy groups -OCH3 is 1. The van der Waals surface area contributed by atoms with Crippen LogP contribution < -0.4 is 4.74 Å². The van der Waals surface area contributed by atoms with Crippen LogP contribution in [0.15, 0.2) is 54.6 Å². The van der Waals surface area contributed by atoms with Crippen LogP contribution in [0.5, 0.6) is 5.75 Å². The average molecular weight is 461 g/mol. The van der Waals surface area contributed by atoms with Crippen LogP contribution in [0.25, 0.3) is 10.8 Å². The number of ether oxygens (including phenoxy) is 2. The van der Waals surface area contributed by atoms with Gasteiger partial charge in [-0.1, -0.05) is 71.0 Å². The molecule has 0 aliphatic heterocycles. The van der Waals surface area contributed by atoms with Gasteiger partial charge in [0.05, 0.1) is 12.7 Å². The summed E-state index contributed by atoms with van der Waals surface area (Å²) in [5.74, 6) is 1.12. The Balaban J connectivity index is 1.84. The molecule has 0 aliphatic rings. The predicted molar refractivity (Wildman–Crippen MR) is 138 cm³/mol. The number of esters is 1. The number of rotatable bonds is 8. The minimum absolute atomic E-state index is 0.0848. The van der Waals surface area contributed by atoms with Crippen LogP contribution in [0, 0.1) is 12.3 Å². The smallest absolute Gasteiger partial charge is 0.337 e. The van der Waals surface area contributed by atoms with E-state index in [2.05, 4.69) is 44.2 Å². The van der Waals surface area contributed by atoms with Gasteiger partial charge in [0.25, 0.3) is 0 Å². The lowest BCUT2D eigenvalue weighted by Crippen LogP contribution is -2.26. The summed E-state index contributed by atoms with van der Waals surface area (Å²) in [6.45, 7) is 12.3. The van der Waals surface area contributed by atoms with E-state index in [4.69, 9.17) is 9.47 Å². The predicted octanol–water partition coefficient (Wildman–Crippen LogP) is 7.23. The first-order valence-corrected chi connectivity index (χ1v) is 11.9. The third-order valence-electron chi connectivity index (χ3n) is 6.68. The third kappa shape index (κ3) is 5.67. The van der Waals surface area contributed by atoms with Gasteiger partial charge in [-0.2, -0.15) is 0 Å². The molecular weight excluding hydrogens is 424 g/mol. The fraction of sp³-hybridized carbons (Fsp3) is 0.400. The van der Waals surface area contributed by atoms with Crippen LogP contribution in [0.2, 0.25) is 0 Å². The molecule has 4 heteroatoms. The zero-order valence-electron chi connectivity index (χ0n) is 21.4. The van der Waals surface area contributed by atoms with Gasteiger partial charge in [-0.3, -0.25) is 4.79 Å². The molecule has 180 valence electrons. The van der Waals surface area contributed by atoms with E-state index in [1.807, 2.05) is 45.9 Å². The van der Waals surface area contributed by atoms with E-state index in [0.717, 1.165) is 28.5 Å². The van der Waals surface area contributed by atoms with Gasteiger partial charge in [-0.25, -0.2) is 4.79 Å². The monoisotopic (exact) mass is 460 g/mol. The largest absolute Gasteiger partial charge is 0.486 e. The Kier molecular flexibility index (Phi) is 7.81. The zero-order valence-corrected chi connectivity index (χ0v) is 21.4. The van der Waals surface area contributed by atoms with Gasteiger partial charge in [0, 0.05) is 5.41 Å². The second-order valence-electron chi connectivity index (χ2n) is 10.1. The summed E-state index contributed by atoms with van der Waals surface area (Å²) < 4.78 is 10.7. The van der Waals surface area contributed by atoms with Crippen molar-refractivity contribution in [3.8, 4) is 5.75 Å². The molecule has 0 N–H and O–H groups in total. The van der Waals surface area contributed by atoms with Gasteiger partial charge in [-0.15, -0.1) is 0 Å². The van der Waals surface area contributed by atoms with Gasteiger partial charge in [0.1, 0.15) is 12.4 Å². The Morgan fingerprint density at radius 3 is 2.21 bits per heavy atom. The van der Waals surface area contributed by atoms with Crippen LogP contribution in [0.1, 0.15) is 79.9 Å². The van der Waals surface area contributed by atoms with E-state index in [-0.39, 0.29) is 24.3 Å². The molecule has 0 saturated carbocycles. The average Bonchev–Trinajstić information content (AvgIpc) is 2.81. The van der Waals surface area contributed by atoms with Gasteiger partial charge in [-0.05, 0) is 70.8 Å². The molecule has 0 radical (unpaired) electrons. The molecule has 0 fully saturated rings. The van der Waals surface area contributed by atoms with Crippen molar-refractivity contribution in [3.63, 3.8) is 0 Å². The molecule has 3 aromatic carbocycles. The van der Waals surface area contributed by atoms with Gasteiger partial charge >= 0.3 is 5.97 Å². The lowest BCUT2D eigenvalue weighted by Gasteiger charge is -2.25. The number of Topliss-reactive ketones (excluding diaryl/α,β-unsaturated/α-hetero) is 1. The molecule has 0 aliphatic carbocycles. The van der Waals surface area contributed by atoms with Crippen molar-refractivity contribution in [1.82, 2.24) is 0 Å². The van der Waals surface area contributed by atoms with E-state index in [0.29, 0.717) is 11.5 Å². The highest BCUT2D eigenvalue weighted by Crippen LogP contribution is 2.38. The standard InChI is InChI=1S/C30H36O4/c1-8-26(23-11-9-21-10-12-24(29(32)33-7)17-25(21)16-23)20(3)22-13-14-27(19(2)15-22)34-18-28(31)30(4,5)6/h9-17,20,26H,8,18H2,1-7H3. The van der Waals surface area contributed by atoms with Gasteiger partial charge < -0.3 is 9.47 Å². The SMILES string of the molecule is CCC(c1ccc2ccc(C(=O)OC)cc2c1)C(C)c1ccc(OCC(=O)C(C)(C)C)c(C)c1. The molecule has 2 atom stereocenters. The van der Waals surface area contributed by atoms with Crippen LogP contribution in [0.3, 0.4) is 0 Å². The first kappa shape index (κ1) is 25.5. The molecule has 2 unspecified atom stereocenters. The molecular formula is C30H36O4. The summed E-state index contributed by atoms with van der Waals surface area (Å²) in [4.78, 5) is 24.2. The fourth-order valence-corrected chi connectivity index (χ4v) is 4.33. The Labute approximate surface area is 203 Å². The number of aryl methyl sites for hydroxylation is 1. The van der Waals surface area contributed by atoms with Crippen LogP contribution >= 0.6 is 0 Å². The summed E-state index contributed by atoms with van der Waals surface area (Å²) in [6, 6.07) is 18.4. The normalized spacial score (nSPS) is 13.4. The van der Waals surface area contributed by atoms with Crippen molar-refractivity contribution in [1.29, 1.82) is 0 Å². The highest BCUT2D eigenvalue weighted by Gasteiger charge is 2.23. The van der Waals surface area contributed by atoms with Crippen LogP contribution in [-0.4, -0.2) is 25.5 Å². The molecule has 4 nitrogen and oxygen atoms in total. The molecule has 34 heavy (non-hydrogen) atoms. The topological polar surface area (TPSA) is 52.6 Å². The Morgan fingerprint density at radius 1 is 0.912 bits per heavy atom. The maximum Gasteiger partial charge on any atom is 0.337 e. The van der Waals surface area contributed by atoms with Crippen LogP contribution in [0.4, 0.5) is 0 Å². The molecule has 0 bridgehead atoms. The summed E-state index contributed by atoms with van der Waals surface area (Å²) in [7, 11) is 1.40. The van der Waals surface area contributed by atoms with Gasteiger partial charge in [0.2, 0.25) is 0 Å². The van der Waals surface area contributed by atoms with Crippen molar-refractivity contribution in [3.05, 3.63) is 76.9 Å². The number of hydrogen-bond donors (Lipinski definition) is 0. The molecule has 3 rings (SSSR count). The molecule has 0 amide bonds. The Morgan fingerprint density at radius 2 is 1.59 bits per heavy atom. The van der Waals surface area contributed by atoms with E-state index >= 15 is 0 Å². The van der Waals surface area contributed by atoms with Crippen molar-refractivity contribution >= 4 is 22.5 Å². The molecule has 3 aromatic rings. The third-order valence-corrected chi connectivity index (χ3v) is 6.68. The summed E-state index contributed by atoms with van der Waals surface area (Å²) in [6.07, 6.45) is 0.987. The molecule has 0 aromatic heterocycles. The number of carbonyl (C=O) groups excluding carboxylic acids is 2. The van der Waals surface area contributed by atoms with Crippen molar-refractivity contribution in [2.24, 2.45) is 5.41 Å². The highest BCUT2D eigenvalue weighted by molar-refractivity contribution is 5.95. The summed E-state index contributed by atoms with van der Waals surface area (Å²) in [5.41, 5.74) is 3.67. The quantitative estimate of drug-likeness (QED) is 0.333. The lowest BCUT2D eigenvalue weighted by atomic mass is 9.80. The van der Waals surface area contributed by atoms with Gasteiger partial charge in [0.15, 0.2) is 5.78 Å². The minimum Gasteiger partial charge on any atom is -0.486 e. The first-order valence-electron chi connectivity index (χ1n) is 11.9. The molecule has 0 heterocycles. The Hall–Kier alpha value is -3.14. The second kappa shape index (κ2) is 10.4. The van der Waals surface area contributed by atoms with E-state index < -0.39 is 5.41 Å². The first-order chi connectivity index (χ1) is 16.0. The number of fused-ring (bicyclic) bond motifs is 1. The van der Waals surface area contributed by atoms with Crippen molar-refractivity contribution < 1.29 is 19.1 Å². The van der Waals surface area contributed by atoms with E-state index in [1.54, 1.807) is 6.07 Å². The van der Waals surface area contributed by atoms with E-state index in [9.17, 15) is 9.59 Å². The minimum atomic E-state index is -0.409. The Bertz CT molecular complexity index is 1190. The zero-order chi connectivity index (χ0) is 25.0. The molecule has 0 saturated heterocycles. The number of carbonyl (C=O) groups is 2. The highest BCUT2D eigenvalue weighted by atomic mass is 16.5. The van der Waals surface area contributed by atoms with Crippen LogP contribution in [-0.2, 0) is 9.53 Å². The number of hydrogen-bond acceptors (Lipinski definition) is 4. The van der Waals surface area contributed by atoms with Crippen molar-refractivity contribution in [2.45, 2.75) is 59.8 Å². The fourth-order valence-electron chi connectivity index (χ4n) is 4.33. The maximum atomic E-state index is 12.2. The number of ketones is 1. The number of benzene rings is 3. The second-order valence-corrected chi connectivity index (χ2v) is 10.1. The van der Waals surface area contributed by atoms with Crippen molar-refractivity contribution in [2.75, 3.05) is 13.7 Å². The summed E-state index contributed by atoms with van der Waals surface area (Å²) >= 11 is 0. The van der Waals surface area contributed by atoms with E-state index in [1.165, 1.54) is 18.2 Å². The molecule has 0 spiro atoms.